The van der Waals surface area contributed by atoms with Crippen molar-refractivity contribution in [2.75, 3.05) is 16.7 Å². The minimum Gasteiger partial charge on any atom is -0.495 e. The molecule has 33 heavy (non-hydrogen) atoms. The first kappa shape index (κ1) is 22.9. The summed E-state index contributed by atoms with van der Waals surface area (Å²) < 4.78 is 33.8. The highest BCUT2D eigenvalue weighted by Gasteiger charge is 2.40. The largest absolute Gasteiger partial charge is 0.495 e. The number of fused-ring (bicyclic) bond motifs is 1. The summed E-state index contributed by atoms with van der Waals surface area (Å²) in [5, 5.41) is 3.46. The maximum atomic E-state index is 13.6. The standard InChI is InChI=1S/C25H23ClN2O4S/c1-16-8-10-18(11-9-16)15-28-22-7-5-4-6-19(22)25(29)24(33(28,30)31)14-27-21-12-17(2)20(26)13-23(21)32-3/h4-14,27H,15H2,1-3H3. The number of nitrogens with one attached hydrogen (secondary N) is 1. The van der Waals surface area contributed by atoms with Crippen LogP contribution in [-0.4, -0.2) is 21.3 Å². The Labute approximate surface area is 198 Å². The van der Waals surface area contributed by atoms with Gasteiger partial charge in [0.1, 0.15) is 5.75 Å². The van der Waals surface area contributed by atoms with Crippen LogP contribution in [0, 0.1) is 13.8 Å². The van der Waals surface area contributed by atoms with Crippen LogP contribution in [0.4, 0.5) is 11.4 Å². The van der Waals surface area contributed by atoms with Crippen LogP contribution in [0.15, 0.2) is 71.8 Å². The van der Waals surface area contributed by atoms with Gasteiger partial charge in [-0.2, -0.15) is 0 Å². The van der Waals surface area contributed by atoms with Gasteiger partial charge in [0.25, 0.3) is 10.0 Å². The number of anilines is 2. The third kappa shape index (κ3) is 4.34. The lowest BCUT2D eigenvalue weighted by molar-refractivity contribution is 0.104. The molecule has 3 aromatic rings. The lowest BCUT2D eigenvalue weighted by Gasteiger charge is -2.31. The van der Waals surface area contributed by atoms with E-state index >= 15 is 0 Å². The van der Waals surface area contributed by atoms with Gasteiger partial charge in [-0.05, 0) is 43.2 Å². The number of methoxy groups -OCH3 is 1. The molecule has 0 radical (unpaired) electrons. The topological polar surface area (TPSA) is 75.7 Å². The van der Waals surface area contributed by atoms with E-state index in [1.54, 1.807) is 36.4 Å². The molecule has 0 atom stereocenters. The molecule has 1 N–H and O–H groups in total. The van der Waals surface area contributed by atoms with E-state index in [-0.39, 0.29) is 11.4 Å². The van der Waals surface area contributed by atoms with Crippen LogP contribution in [-0.2, 0) is 16.6 Å². The van der Waals surface area contributed by atoms with E-state index in [4.69, 9.17) is 16.3 Å². The van der Waals surface area contributed by atoms with Crippen molar-refractivity contribution in [3.63, 3.8) is 0 Å². The molecule has 0 unspecified atom stereocenters. The monoisotopic (exact) mass is 482 g/mol. The molecule has 0 saturated heterocycles. The average Bonchev–Trinajstić information content (AvgIpc) is 2.79. The van der Waals surface area contributed by atoms with Crippen molar-refractivity contribution < 1.29 is 17.9 Å². The highest BCUT2D eigenvalue weighted by Crippen LogP contribution is 2.37. The van der Waals surface area contributed by atoms with Gasteiger partial charge in [-0.1, -0.05) is 53.6 Å². The van der Waals surface area contributed by atoms with Crippen LogP contribution in [0.1, 0.15) is 27.0 Å². The first-order chi connectivity index (χ1) is 15.7. The zero-order chi connectivity index (χ0) is 23.8. The predicted octanol–water partition coefficient (Wildman–Crippen LogP) is 5.45. The Morgan fingerprint density at radius 1 is 1.06 bits per heavy atom. The summed E-state index contributed by atoms with van der Waals surface area (Å²) in [6.07, 6.45) is 1.22. The van der Waals surface area contributed by atoms with E-state index < -0.39 is 15.8 Å². The first-order valence-corrected chi connectivity index (χ1v) is 12.1. The fraction of sp³-hybridized carbons (Fsp3) is 0.160. The summed E-state index contributed by atoms with van der Waals surface area (Å²) in [5.41, 5.74) is 3.86. The van der Waals surface area contributed by atoms with Gasteiger partial charge in [0, 0.05) is 22.9 Å². The molecule has 0 amide bonds. The minimum atomic E-state index is -4.13. The van der Waals surface area contributed by atoms with Crippen LogP contribution in [0.5, 0.6) is 5.75 Å². The van der Waals surface area contributed by atoms with Crippen molar-refractivity contribution in [1.29, 1.82) is 0 Å². The molecule has 0 fully saturated rings. The summed E-state index contributed by atoms with van der Waals surface area (Å²) >= 11 is 6.16. The number of hydrogen-bond donors (Lipinski definition) is 1. The van der Waals surface area contributed by atoms with Crippen molar-refractivity contribution in [3.05, 3.63) is 99.0 Å². The molecule has 3 aromatic carbocycles. The number of para-hydroxylation sites is 1. The molecule has 6 nitrogen and oxygen atoms in total. The smallest absolute Gasteiger partial charge is 0.270 e. The van der Waals surface area contributed by atoms with E-state index in [1.165, 1.54) is 17.6 Å². The Balaban J connectivity index is 1.79. The average molecular weight is 483 g/mol. The van der Waals surface area contributed by atoms with Gasteiger partial charge >= 0.3 is 0 Å². The molecule has 0 bridgehead atoms. The third-order valence-corrected chi connectivity index (χ3v) is 7.67. The van der Waals surface area contributed by atoms with Crippen LogP contribution in [0.3, 0.4) is 0 Å². The number of ketones is 1. The number of rotatable bonds is 5. The molecule has 0 aromatic heterocycles. The van der Waals surface area contributed by atoms with Gasteiger partial charge in [0.15, 0.2) is 4.91 Å². The zero-order valence-corrected chi connectivity index (χ0v) is 20.0. The predicted molar refractivity (Wildman–Crippen MR) is 132 cm³/mol. The van der Waals surface area contributed by atoms with Gasteiger partial charge in [-0.25, -0.2) is 8.42 Å². The molecule has 1 aliphatic heterocycles. The number of sulfonamides is 1. The third-order valence-electron chi connectivity index (χ3n) is 5.50. The molecule has 0 saturated carbocycles. The van der Waals surface area contributed by atoms with Crippen LogP contribution in [0.2, 0.25) is 5.02 Å². The van der Waals surface area contributed by atoms with Crippen molar-refractivity contribution in [2.45, 2.75) is 20.4 Å². The number of ether oxygens (including phenoxy) is 1. The van der Waals surface area contributed by atoms with E-state index in [1.807, 2.05) is 38.1 Å². The van der Waals surface area contributed by atoms with E-state index in [0.29, 0.717) is 27.7 Å². The van der Waals surface area contributed by atoms with Gasteiger partial charge in [0.05, 0.1) is 25.0 Å². The summed E-state index contributed by atoms with van der Waals surface area (Å²) in [6.45, 7) is 3.89. The molecule has 0 spiro atoms. The Morgan fingerprint density at radius 3 is 2.45 bits per heavy atom. The number of Topliss-reactive ketones (excluding diaryl/α,β-unsaturated/α-hetero) is 1. The highest BCUT2D eigenvalue weighted by molar-refractivity contribution is 7.97. The maximum absolute atomic E-state index is 13.6. The molecule has 1 heterocycles. The molecule has 8 heteroatoms. The normalized spacial score (nSPS) is 15.9. The molecule has 170 valence electrons. The van der Waals surface area contributed by atoms with Crippen molar-refractivity contribution in [3.8, 4) is 5.75 Å². The van der Waals surface area contributed by atoms with Gasteiger partial charge in [0.2, 0.25) is 5.78 Å². The number of aryl methyl sites for hydroxylation is 2. The molecular weight excluding hydrogens is 460 g/mol. The summed E-state index contributed by atoms with van der Waals surface area (Å²) in [5.74, 6) is -0.136. The van der Waals surface area contributed by atoms with Gasteiger partial charge in [-0.3, -0.25) is 9.10 Å². The molecular formula is C25H23ClN2O4S. The lowest BCUT2D eigenvalue weighted by Crippen LogP contribution is -2.39. The van der Waals surface area contributed by atoms with Crippen molar-refractivity contribution >= 4 is 38.8 Å². The zero-order valence-electron chi connectivity index (χ0n) is 18.4. The Bertz CT molecular complexity index is 1370. The second-order valence-corrected chi connectivity index (χ2v) is 10.0. The Kier molecular flexibility index (Phi) is 6.19. The summed E-state index contributed by atoms with van der Waals surface area (Å²) in [7, 11) is -2.64. The van der Waals surface area contributed by atoms with E-state index in [9.17, 15) is 13.2 Å². The van der Waals surface area contributed by atoms with Gasteiger partial charge < -0.3 is 10.1 Å². The maximum Gasteiger partial charge on any atom is 0.270 e. The van der Waals surface area contributed by atoms with Crippen molar-refractivity contribution in [1.82, 2.24) is 0 Å². The number of allylic oxidation sites excluding steroid dienone is 1. The van der Waals surface area contributed by atoms with E-state index in [0.717, 1.165) is 16.7 Å². The van der Waals surface area contributed by atoms with Crippen LogP contribution in [0.25, 0.3) is 0 Å². The highest BCUT2D eigenvalue weighted by atomic mass is 35.5. The number of hydrogen-bond acceptors (Lipinski definition) is 5. The fourth-order valence-electron chi connectivity index (χ4n) is 3.64. The number of halogens is 1. The Hall–Kier alpha value is -3.29. The Morgan fingerprint density at radius 2 is 1.76 bits per heavy atom. The second-order valence-electron chi connectivity index (χ2n) is 7.80. The van der Waals surface area contributed by atoms with Crippen LogP contribution >= 0.6 is 11.6 Å². The SMILES string of the molecule is COc1cc(Cl)c(C)cc1NC=C1C(=O)c2ccccc2N(Cc2ccc(C)cc2)S1(=O)=O. The summed E-state index contributed by atoms with van der Waals surface area (Å²) in [4.78, 5) is 12.9. The first-order valence-electron chi connectivity index (χ1n) is 10.2. The van der Waals surface area contributed by atoms with Crippen molar-refractivity contribution in [2.24, 2.45) is 0 Å². The summed E-state index contributed by atoms with van der Waals surface area (Å²) in [6, 6.07) is 17.7. The number of carbonyl (C=O) groups is 1. The van der Waals surface area contributed by atoms with Gasteiger partial charge in [-0.15, -0.1) is 0 Å². The second kappa shape index (κ2) is 8.92. The fourth-order valence-corrected chi connectivity index (χ4v) is 5.32. The molecule has 4 rings (SSSR count). The number of benzene rings is 3. The minimum absolute atomic E-state index is 0.105. The quantitative estimate of drug-likeness (QED) is 0.489. The number of nitrogens with zero attached hydrogens (tertiary/aromatic N) is 1. The molecule has 1 aliphatic rings. The lowest BCUT2D eigenvalue weighted by atomic mass is 10.1. The van der Waals surface area contributed by atoms with E-state index in [2.05, 4.69) is 5.32 Å². The molecule has 0 aliphatic carbocycles. The van der Waals surface area contributed by atoms with Crippen LogP contribution < -0.4 is 14.4 Å². The number of carbonyl (C=O) groups excluding carboxylic acids is 1.